The third-order valence-corrected chi connectivity index (χ3v) is 4.59. The van der Waals surface area contributed by atoms with Gasteiger partial charge >= 0.3 is 0 Å². The first kappa shape index (κ1) is 12.0. The molecular formula is C15H23N3. The molecule has 3 nitrogen and oxygen atoms in total. The number of hydrogen-bond donors (Lipinski definition) is 1. The van der Waals surface area contributed by atoms with E-state index in [9.17, 15) is 0 Å². The van der Waals surface area contributed by atoms with Gasteiger partial charge < -0.3 is 10.2 Å². The second-order valence-electron chi connectivity index (χ2n) is 5.93. The molecule has 0 aliphatic carbocycles. The van der Waals surface area contributed by atoms with Crippen LogP contribution in [0.4, 0.5) is 5.69 Å². The van der Waals surface area contributed by atoms with Gasteiger partial charge in [-0.3, -0.25) is 4.98 Å². The molecule has 2 saturated heterocycles. The van der Waals surface area contributed by atoms with E-state index in [0.717, 1.165) is 5.69 Å². The third-order valence-electron chi connectivity index (χ3n) is 4.59. The lowest BCUT2D eigenvalue weighted by molar-refractivity contribution is 0.166. The number of rotatable bonds is 1. The molecule has 1 aromatic heterocycles. The highest BCUT2D eigenvalue weighted by Gasteiger charge is 2.36. The summed E-state index contributed by atoms with van der Waals surface area (Å²) < 4.78 is 0. The summed E-state index contributed by atoms with van der Waals surface area (Å²) in [5, 5.41) is 3.49. The molecule has 0 radical (unpaired) electrons. The van der Waals surface area contributed by atoms with E-state index in [0.29, 0.717) is 5.41 Å². The molecule has 0 saturated carbocycles. The summed E-state index contributed by atoms with van der Waals surface area (Å²) in [5.74, 6) is 0. The summed E-state index contributed by atoms with van der Waals surface area (Å²) in [5.41, 5.74) is 2.97. The van der Waals surface area contributed by atoms with Crippen LogP contribution in [-0.2, 0) is 0 Å². The lowest BCUT2D eigenvalue weighted by atomic mass is 9.73. The van der Waals surface area contributed by atoms with Crippen LogP contribution in [0.3, 0.4) is 0 Å². The van der Waals surface area contributed by atoms with Gasteiger partial charge in [0.1, 0.15) is 0 Å². The number of anilines is 1. The molecule has 3 heteroatoms. The van der Waals surface area contributed by atoms with Crippen LogP contribution in [0.25, 0.3) is 0 Å². The highest BCUT2D eigenvalue weighted by Crippen LogP contribution is 2.39. The first-order valence-electron chi connectivity index (χ1n) is 7.16. The van der Waals surface area contributed by atoms with Crippen LogP contribution < -0.4 is 10.2 Å². The molecule has 0 unspecified atom stereocenters. The van der Waals surface area contributed by atoms with Crippen LogP contribution in [0.1, 0.15) is 31.4 Å². The molecule has 3 rings (SSSR count). The smallest absolute Gasteiger partial charge is 0.0553 e. The lowest BCUT2D eigenvalue weighted by Crippen LogP contribution is -2.48. The predicted molar refractivity (Wildman–Crippen MR) is 75.0 cm³/mol. The van der Waals surface area contributed by atoms with E-state index in [4.69, 9.17) is 0 Å². The fourth-order valence-corrected chi connectivity index (χ4v) is 3.44. The van der Waals surface area contributed by atoms with Crippen LogP contribution in [-0.4, -0.2) is 31.2 Å². The van der Waals surface area contributed by atoms with E-state index in [-0.39, 0.29) is 0 Å². The van der Waals surface area contributed by atoms with Gasteiger partial charge in [-0.25, -0.2) is 0 Å². The molecule has 1 N–H and O–H groups in total. The molecular weight excluding hydrogens is 222 g/mol. The zero-order valence-electron chi connectivity index (χ0n) is 11.3. The van der Waals surface area contributed by atoms with Crippen LogP contribution in [0, 0.1) is 12.3 Å². The summed E-state index contributed by atoms with van der Waals surface area (Å²) in [6.07, 6.45) is 7.44. The molecule has 2 aliphatic rings. The molecule has 18 heavy (non-hydrogen) atoms. The van der Waals surface area contributed by atoms with E-state index >= 15 is 0 Å². The van der Waals surface area contributed by atoms with Crippen molar-refractivity contribution in [1.29, 1.82) is 0 Å². The number of piperidine rings is 2. The minimum Gasteiger partial charge on any atom is -0.370 e. The zero-order chi connectivity index (χ0) is 12.4. The normalized spacial score (nSPS) is 23.3. The number of pyridine rings is 1. The van der Waals surface area contributed by atoms with Gasteiger partial charge in [0.15, 0.2) is 0 Å². The molecule has 1 spiro atoms. The van der Waals surface area contributed by atoms with E-state index in [1.54, 1.807) is 0 Å². The summed E-state index contributed by atoms with van der Waals surface area (Å²) in [4.78, 5) is 6.98. The predicted octanol–water partition coefficient (Wildman–Crippen LogP) is 2.36. The van der Waals surface area contributed by atoms with Gasteiger partial charge in [-0.15, -0.1) is 0 Å². The number of aryl methyl sites for hydroxylation is 1. The number of nitrogens with one attached hydrogen (secondary N) is 1. The first-order valence-corrected chi connectivity index (χ1v) is 7.16. The molecule has 0 amide bonds. The van der Waals surface area contributed by atoms with Crippen molar-refractivity contribution in [2.45, 2.75) is 32.6 Å². The van der Waals surface area contributed by atoms with Crippen molar-refractivity contribution in [1.82, 2.24) is 10.3 Å². The van der Waals surface area contributed by atoms with Gasteiger partial charge in [-0.2, -0.15) is 0 Å². The van der Waals surface area contributed by atoms with Crippen molar-refractivity contribution in [3.05, 3.63) is 24.0 Å². The van der Waals surface area contributed by atoms with Crippen LogP contribution in [0.5, 0.6) is 0 Å². The number of hydrogen-bond acceptors (Lipinski definition) is 3. The quantitative estimate of drug-likeness (QED) is 0.823. The molecule has 0 bridgehead atoms. The zero-order valence-corrected chi connectivity index (χ0v) is 11.3. The standard InChI is InChI=1S/C15H23N3/c1-13-3-4-14(11-17-13)18-10-2-5-15(12-18)6-8-16-9-7-15/h3-4,11,16H,2,5-10,12H2,1H3. The Hall–Kier alpha value is -1.09. The Bertz CT molecular complexity index is 387. The van der Waals surface area contributed by atoms with Crippen molar-refractivity contribution >= 4 is 5.69 Å². The topological polar surface area (TPSA) is 28.2 Å². The lowest BCUT2D eigenvalue weighted by Gasteiger charge is -2.46. The Labute approximate surface area is 110 Å². The first-order chi connectivity index (χ1) is 8.77. The summed E-state index contributed by atoms with van der Waals surface area (Å²) in [7, 11) is 0. The summed E-state index contributed by atoms with van der Waals surface area (Å²) in [6, 6.07) is 4.35. The van der Waals surface area contributed by atoms with Crippen molar-refractivity contribution in [3.63, 3.8) is 0 Å². The third kappa shape index (κ3) is 2.37. The minimum atomic E-state index is 0.564. The average molecular weight is 245 g/mol. The number of aromatic nitrogens is 1. The van der Waals surface area contributed by atoms with Crippen molar-refractivity contribution < 1.29 is 0 Å². The number of nitrogens with zero attached hydrogens (tertiary/aromatic N) is 2. The molecule has 2 aliphatic heterocycles. The van der Waals surface area contributed by atoms with Crippen molar-refractivity contribution in [3.8, 4) is 0 Å². The molecule has 0 atom stereocenters. The Morgan fingerprint density at radius 1 is 1.22 bits per heavy atom. The minimum absolute atomic E-state index is 0.564. The van der Waals surface area contributed by atoms with Crippen LogP contribution in [0.15, 0.2) is 18.3 Å². The van der Waals surface area contributed by atoms with E-state index < -0.39 is 0 Å². The monoisotopic (exact) mass is 245 g/mol. The summed E-state index contributed by atoms with van der Waals surface area (Å²) in [6.45, 7) is 6.85. The molecule has 2 fully saturated rings. The van der Waals surface area contributed by atoms with Crippen LogP contribution in [0.2, 0.25) is 0 Å². The molecule has 0 aromatic carbocycles. The molecule has 1 aromatic rings. The Morgan fingerprint density at radius 3 is 2.78 bits per heavy atom. The Morgan fingerprint density at radius 2 is 2.06 bits per heavy atom. The van der Waals surface area contributed by atoms with Gasteiger partial charge in [0.05, 0.1) is 11.9 Å². The van der Waals surface area contributed by atoms with Gasteiger partial charge in [0, 0.05) is 18.8 Å². The maximum Gasteiger partial charge on any atom is 0.0553 e. The van der Waals surface area contributed by atoms with E-state index in [2.05, 4.69) is 27.3 Å². The van der Waals surface area contributed by atoms with E-state index in [1.807, 2.05) is 13.1 Å². The largest absolute Gasteiger partial charge is 0.370 e. The second kappa shape index (κ2) is 4.88. The Kier molecular flexibility index (Phi) is 3.25. The van der Waals surface area contributed by atoms with Crippen molar-refractivity contribution in [2.75, 3.05) is 31.1 Å². The highest BCUT2D eigenvalue weighted by atomic mass is 15.2. The highest BCUT2D eigenvalue weighted by molar-refractivity contribution is 5.45. The second-order valence-corrected chi connectivity index (χ2v) is 5.93. The maximum atomic E-state index is 4.43. The summed E-state index contributed by atoms with van der Waals surface area (Å²) >= 11 is 0. The maximum absolute atomic E-state index is 4.43. The van der Waals surface area contributed by atoms with Gasteiger partial charge in [-0.05, 0) is 63.2 Å². The van der Waals surface area contributed by atoms with Crippen molar-refractivity contribution in [2.24, 2.45) is 5.41 Å². The molecule has 98 valence electrons. The fraction of sp³-hybridized carbons (Fsp3) is 0.667. The fourth-order valence-electron chi connectivity index (χ4n) is 3.44. The van der Waals surface area contributed by atoms with Crippen LogP contribution >= 0.6 is 0 Å². The average Bonchev–Trinajstić information content (AvgIpc) is 2.40. The molecule has 3 heterocycles. The van der Waals surface area contributed by atoms with Gasteiger partial charge in [0.25, 0.3) is 0 Å². The Balaban J connectivity index is 1.75. The SMILES string of the molecule is Cc1ccc(N2CCCC3(CCNCC3)C2)cn1. The van der Waals surface area contributed by atoms with E-state index in [1.165, 1.54) is 57.5 Å². The van der Waals surface area contributed by atoms with Gasteiger partial charge in [0.2, 0.25) is 0 Å². The van der Waals surface area contributed by atoms with Gasteiger partial charge in [-0.1, -0.05) is 0 Å².